The van der Waals surface area contributed by atoms with E-state index < -0.39 is 0 Å². The van der Waals surface area contributed by atoms with Crippen molar-refractivity contribution < 1.29 is 10.2 Å². The number of aliphatic hydroxyl groups excluding tert-OH is 2. The van der Waals surface area contributed by atoms with Gasteiger partial charge in [-0.15, -0.1) is 0 Å². The van der Waals surface area contributed by atoms with Gasteiger partial charge in [0.2, 0.25) is 0 Å². The number of hydrogen-bond donors (Lipinski definition) is 3. The van der Waals surface area contributed by atoms with Gasteiger partial charge >= 0.3 is 0 Å². The second-order valence-electron chi connectivity index (χ2n) is 6.08. The van der Waals surface area contributed by atoms with E-state index in [1.54, 1.807) is 6.33 Å². The Hall–Kier alpha value is -1.40. The van der Waals surface area contributed by atoms with Gasteiger partial charge in [-0.1, -0.05) is 0 Å². The average Bonchev–Trinajstić information content (AvgIpc) is 2.98. The largest absolute Gasteiger partial charge is 0.394 e. The first-order valence-corrected chi connectivity index (χ1v) is 7.90. The van der Waals surface area contributed by atoms with E-state index in [1.807, 2.05) is 6.07 Å². The van der Waals surface area contributed by atoms with Crippen molar-refractivity contribution in [1.29, 1.82) is 0 Å². The quantitative estimate of drug-likeness (QED) is 0.772. The van der Waals surface area contributed by atoms with Gasteiger partial charge in [0, 0.05) is 18.7 Å². The lowest BCUT2D eigenvalue weighted by Gasteiger charge is -2.27. The highest BCUT2D eigenvalue weighted by Gasteiger charge is 2.25. The number of anilines is 2. The topological polar surface area (TPSA) is 81.5 Å². The Morgan fingerprint density at radius 2 is 2.00 bits per heavy atom. The highest BCUT2D eigenvalue weighted by atomic mass is 16.3. The molecule has 0 radical (unpaired) electrons. The summed E-state index contributed by atoms with van der Waals surface area (Å²) in [6.07, 6.45) is 7.22. The lowest BCUT2D eigenvalue weighted by atomic mass is 9.93. The fraction of sp³-hybridized carbons (Fsp3) is 0.733. The molecule has 3 N–H and O–H groups in total. The fourth-order valence-electron chi connectivity index (χ4n) is 3.34. The summed E-state index contributed by atoms with van der Waals surface area (Å²) in [5.74, 6) is 1.73. The van der Waals surface area contributed by atoms with Gasteiger partial charge in [-0.3, -0.25) is 0 Å². The molecule has 1 unspecified atom stereocenters. The molecule has 1 aliphatic heterocycles. The number of aromatic nitrogens is 2. The van der Waals surface area contributed by atoms with Crippen molar-refractivity contribution in [2.75, 3.05) is 23.4 Å². The van der Waals surface area contributed by atoms with Gasteiger partial charge in [-0.25, -0.2) is 9.97 Å². The molecular formula is C15H24N4O2. The van der Waals surface area contributed by atoms with E-state index >= 15 is 0 Å². The molecule has 21 heavy (non-hydrogen) atoms. The zero-order valence-corrected chi connectivity index (χ0v) is 12.3. The Labute approximate surface area is 125 Å². The van der Waals surface area contributed by atoms with Crippen molar-refractivity contribution in [3.63, 3.8) is 0 Å². The molecule has 1 saturated carbocycles. The molecule has 1 aromatic rings. The molecule has 0 aromatic carbocycles. The van der Waals surface area contributed by atoms with Crippen LogP contribution >= 0.6 is 0 Å². The summed E-state index contributed by atoms with van der Waals surface area (Å²) >= 11 is 0. The Morgan fingerprint density at radius 1 is 1.19 bits per heavy atom. The molecule has 1 atom stereocenters. The van der Waals surface area contributed by atoms with E-state index in [4.69, 9.17) is 0 Å². The molecule has 2 fully saturated rings. The molecule has 2 aliphatic rings. The zero-order chi connectivity index (χ0) is 14.7. The number of nitrogens with zero attached hydrogens (tertiary/aromatic N) is 3. The van der Waals surface area contributed by atoms with Crippen LogP contribution in [-0.4, -0.2) is 51.5 Å². The molecule has 1 aromatic heterocycles. The van der Waals surface area contributed by atoms with Crippen LogP contribution in [0.15, 0.2) is 12.4 Å². The molecule has 2 heterocycles. The minimum Gasteiger partial charge on any atom is -0.394 e. The molecule has 1 saturated heterocycles. The molecule has 0 spiro atoms. The summed E-state index contributed by atoms with van der Waals surface area (Å²) in [5, 5.41) is 22.4. The van der Waals surface area contributed by atoms with Gasteiger partial charge in [-0.2, -0.15) is 0 Å². The number of nitrogens with one attached hydrogen (secondary N) is 1. The average molecular weight is 292 g/mol. The van der Waals surface area contributed by atoms with E-state index in [0.29, 0.717) is 6.04 Å². The molecule has 0 bridgehead atoms. The van der Waals surface area contributed by atoms with Crippen LogP contribution in [0, 0.1) is 0 Å². The van der Waals surface area contributed by atoms with Crippen molar-refractivity contribution in [3.05, 3.63) is 12.4 Å². The summed E-state index contributed by atoms with van der Waals surface area (Å²) in [7, 11) is 0. The summed E-state index contributed by atoms with van der Waals surface area (Å²) in [6, 6.07) is 2.53. The van der Waals surface area contributed by atoms with Crippen molar-refractivity contribution in [1.82, 2.24) is 9.97 Å². The number of aliphatic hydroxyl groups is 2. The van der Waals surface area contributed by atoms with Crippen molar-refractivity contribution in [2.45, 2.75) is 56.7 Å². The third-order valence-corrected chi connectivity index (χ3v) is 4.58. The standard InChI is InChI=1S/C15H24N4O2/c20-9-12-2-1-7-19(12)15-8-14(16-10-17-15)18-11-3-5-13(21)6-4-11/h8,10-13,20-21H,1-7,9H2,(H,16,17,18). The predicted octanol–water partition coefficient (Wildman–Crippen LogP) is 1.15. The Bertz CT molecular complexity index is 463. The molecule has 0 amide bonds. The van der Waals surface area contributed by atoms with Gasteiger partial charge in [0.05, 0.1) is 18.8 Å². The maximum atomic E-state index is 9.55. The normalized spacial score (nSPS) is 29.6. The van der Waals surface area contributed by atoms with Crippen molar-refractivity contribution >= 4 is 11.6 Å². The van der Waals surface area contributed by atoms with E-state index in [1.165, 1.54) is 0 Å². The van der Waals surface area contributed by atoms with E-state index in [0.717, 1.165) is 56.7 Å². The molecule has 1 aliphatic carbocycles. The van der Waals surface area contributed by atoms with Crippen LogP contribution in [0.2, 0.25) is 0 Å². The van der Waals surface area contributed by atoms with Crippen LogP contribution in [0.3, 0.4) is 0 Å². The first kappa shape index (κ1) is 14.5. The third kappa shape index (κ3) is 3.44. The van der Waals surface area contributed by atoms with E-state index in [9.17, 15) is 10.2 Å². The monoisotopic (exact) mass is 292 g/mol. The zero-order valence-electron chi connectivity index (χ0n) is 12.3. The van der Waals surface area contributed by atoms with Crippen LogP contribution in [0.1, 0.15) is 38.5 Å². The molecule has 6 nitrogen and oxygen atoms in total. The Kier molecular flexibility index (Phi) is 4.55. The highest BCUT2D eigenvalue weighted by Crippen LogP contribution is 2.26. The molecule has 116 valence electrons. The minimum absolute atomic E-state index is 0.140. The number of rotatable bonds is 4. The Balaban J connectivity index is 1.65. The van der Waals surface area contributed by atoms with Crippen molar-refractivity contribution in [2.24, 2.45) is 0 Å². The Morgan fingerprint density at radius 3 is 2.76 bits per heavy atom. The second kappa shape index (κ2) is 6.58. The van der Waals surface area contributed by atoms with Crippen LogP contribution in [0.25, 0.3) is 0 Å². The smallest absolute Gasteiger partial charge is 0.134 e. The van der Waals surface area contributed by atoms with Crippen LogP contribution < -0.4 is 10.2 Å². The SMILES string of the molecule is OCC1CCCN1c1cc(NC2CCC(O)CC2)ncn1. The minimum atomic E-state index is -0.140. The van der Waals surface area contributed by atoms with E-state index in [-0.39, 0.29) is 18.8 Å². The lowest BCUT2D eigenvalue weighted by Crippen LogP contribution is -2.33. The van der Waals surface area contributed by atoms with Crippen molar-refractivity contribution in [3.8, 4) is 0 Å². The molecular weight excluding hydrogens is 268 g/mol. The molecule has 3 rings (SSSR count). The molecule has 6 heteroatoms. The van der Waals surface area contributed by atoms with Gasteiger partial charge in [0.25, 0.3) is 0 Å². The number of hydrogen-bond acceptors (Lipinski definition) is 6. The van der Waals surface area contributed by atoms with Gasteiger partial charge in [0.1, 0.15) is 18.0 Å². The van der Waals surface area contributed by atoms with E-state index in [2.05, 4.69) is 20.2 Å². The van der Waals surface area contributed by atoms with Crippen LogP contribution in [0.4, 0.5) is 11.6 Å². The predicted molar refractivity (Wildman–Crippen MR) is 81.4 cm³/mol. The summed E-state index contributed by atoms with van der Waals surface area (Å²) in [5.41, 5.74) is 0. The van der Waals surface area contributed by atoms with Crippen LogP contribution in [-0.2, 0) is 0 Å². The second-order valence-corrected chi connectivity index (χ2v) is 6.08. The van der Waals surface area contributed by atoms with Gasteiger partial charge in [0.15, 0.2) is 0 Å². The fourth-order valence-corrected chi connectivity index (χ4v) is 3.34. The first-order chi connectivity index (χ1) is 10.3. The summed E-state index contributed by atoms with van der Waals surface area (Å²) in [6.45, 7) is 1.12. The lowest BCUT2D eigenvalue weighted by molar-refractivity contribution is 0.126. The highest BCUT2D eigenvalue weighted by molar-refractivity contribution is 5.50. The van der Waals surface area contributed by atoms with Crippen LogP contribution in [0.5, 0.6) is 0 Å². The maximum Gasteiger partial charge on any atom is 0.134 e. The van der Waals surface area contributed by atoms with Gasteiger partial charge in [-0.05, 0) is 38.5 Å². The summed E-state index contributed by atoms with van der Waals surface area (Å²) in [4.78, 5) is 10.8. The van der Waals surface area contributed by atoms with Gasteiger partial charge < -0.3 is 20.4 Å². The maximum absolute atomic E-state index is 9.55. The first-order valence-electron chi connectivity index (χ1n) is 7.90. The summed E-state index contributed by atoms with van der Waals surface area (Å²) < 4.78 is 0. The third-order valence-electron chi connectivity index (χ3n) is 4.58.